The molecule has 2 aromatic carbocycles. The second-order valence-electron chi connectivity index (χ2n) is 10.2. The van der Waals surface area contributed by atoms with E-state index >= 15 is 0 Å². The average Bonchev–Trinajstić information content (AvgIpc) is 3.00. The van der Waals surface area contributed by atoms with E-state index < -0.39 is 108 Å². The summed E-state index contributed by atoms with van der Waals surface area (Å²) in [5.74, 6) is -5.78. The highest BCUT2D eigenvalue weighted by molar-refractivity contribution is 5.86. The molecule has 248 valence electrons. The molecule has 18 heteroatoms. The lowest BCUT2D eigenvalue weighted by atomic mass is 9.97. The number of rotatable bonds is 11. The van der Waals surface area contributed by atoms with Gasteiger partial charge < -0.3 is 85.0 Å². The van der Waals surface area contributed by atoms with E-state index in [1.54, 1.807) is 0 Å². The lowest BCUT2D eigenvalue weighted by Gasteiger charge is -2.47. The van der Waals surface area contributed by atoms with Crippen molar-refractivity contribution in [2.45, 2.75) is 61.1 Å². The SMILES string of the molecule is O=c1cc(-c2ccc(O)c(O)c2)oc2cc(O)cc(O[C@@]3(O)O[C@H](CO)[C@@H](O)[C@H](O)[C@H]3O[C@@H](O)[C@H](O)[C@@H](O)[C@H](O)[C@H](O)CO)c12. The molecule has 1 saturated heterocycles. The number of aliphatic hydroxyl groups is 10. The monoisotopic (exact) mass is 644 g/mol. The minimum atomic E-state index is -3.35. The van der Waals surface area contributed by atoms with Crippen molar-refractivity contribution in [1.82, 2.24) is 0 Å². The number of ether oxygens (including phenoxy) is 3. The number of hydrogen-bond donors (Lipinski definition) is 13. The highest BCUT2D eigenvalue weighted by Crippen LogP contribution is 2.39. The van der Waals surface area contributed by atoms with Crippen molar-refractivity contribution in [3.63, 3.8) is 0 Å². The molecule has 18 nitrogen and oxygen atoms in total. The molecule has 1 fully saturated rings. The molecule has 3 aromatic rings. The summed E-state index contributed by atoms with van der Waals surface area (Å²) >= 11 is 0. The predicted octanol–water partition coefficient (Wildman–Crippen LogP) is -4.15. The van der Waals surface area contributed by atoms with Gasteiger partial charge in [-0.3, -0.25) is 4.79 Å². The third kappa shape index (κ3) is 6.82. The van der Waals surface area contributed by atoms with Crippen LogP contribution in [0.4, 0.5) is 0 Å². The van der Waals surface area contributed by atoms with Crippen LogP contribution in [0.2, 0.25) is 0 Å². The van der Waals surface area contributed by atoms with Gasteiger partial charge in [-0.15, -0.1) is 0 Å². The summed E-state index contributed by atoms with van der Waals surface area (Å²) in [6.45, 7) is -2.08. The van der Waals surface area contributed by atoms with Crippen LogP contribution < -0.4 is 10.2 Å². The number of aromatic hydroxyl groups is 3. The standard InChI is InChI=1S/C27H32O18/c28-7-14(34)20(35)22(37)24(39)26(40)43-25-23(38)21(36)18(8-29)45-27(25,41)44-17-5-10(30)4-16-19(17)13(33)6-15(42-16)9-1-2-11(31)12(32)3-9/h1-6,14,18,20-26,28-32,34-41H,7-8H2/t14-,18-,20-,21-,22+,23+,24-,25-,26-,27-/m1/s1. The molecule has 1 aliphatic heterocycles. The van der Waals surface area contributed by atoms with Crippen LogP contribution in [0.15, 0.2) is 45.6 Å². The maximum atomic E-state index is 13.2. The minimum absolute atomic E-state index is 0.132. The summed E-state index contributed by atoms with van der Waals surface area (Å²) < 4.78 is 21.4. The van der Waals surface area contributed by atoms with Gasteiger partial charge in [-0.1, -0.05) is 0 Å². The molecule has 0 unspecified atom stereocenters. The van der Waals surface area contributed by atoms with Crippen LogP contribution in [0, 0.1) is 0 Å². The summed E-state index contributed by atoms with van der Waals surface area (Å²) in [6, 6.07) is 6.23. The van der Waals surface area contributed by atoms with Crippen molar-refractivity contribution in [2.75, 3.05) is 13.2 Å². The number of phenolic OH excluding ortho intramolecular Hbond substituents is 3. The van der Waals surface area contributed by atoms with E-state index in [1.807, 2.05) is 0 Å². The number of aliphatic hydroxyl groups excluding tert-OH is 9. The lowest BCUT2D eigenvalue weighted by Crippen LogP contribution is -2.69. The topological polar surface area (TPSA) is 321 Å². The Morgan fingerprint density at radius 2 is 1.56 bits per heavy atom. The van der Waals surface area contributed by atoms with Gasteiger partial charge in [0.25, 0.3) is 0 Å². The Morgan fingerprint density at radius 3 is 2.18 bits per heavy atom. The third-order valence-electron chi connectivity index (χ3n) is 7.06. The molecule has 2 heterocycles. The van der Waals surface area contributed by atoms with Gasteiger partial charge in [0.1, 0.15) is 71.0 Å². The van der Waals surface area contributed by atoms with Crippen LogP contribution in [-0.2, 0) is 9.47 Å². The zero-order valence-corrected chi connectivity index (χ0v) is 22.9. The van der Waals surface area contributed by atoms with Crippen molar-refractivity contribution in [3.05, 3.63) is 46.6 Å². The van der Waals surface area contributed by atoms with Crippen LogP contribution >= 0.6 is 0 Å². The molecular formula is C27H32O18. The van der Waals surface area contributed by atoms with E-state index in [0.29, 0.717) is 0 Å². The van der Waals surface area contributed by atoms with Crippen molar-refractivity contribution in [2.24, 2.45) is 0 Å². The van der Waals surface area contributed by atoms with Crippen LogP contribution in [0.25, 0.3) is 22.3 Å². The molecular weight excluding hydrogens is 612 g/mol. The summed E-state index contributed by atoms with van der Waals surface area (Å²) in [5.41, 5.74) is -1.08. The molecule has 0 bridgehead atoms. The molecule has 0 aliphatic carbocycles. The Morgan fingerprint density at radius 1 is 0.867 bits per heavy atom. The molecule has 1 aliphatic rings. The van der Waals surface area contributed by atoms with Crippen LogP contribution in [0.3, 0.4) is 0 Å². The molecule has 10 atom stereocenters. The number of hydrogen-bond acceptors (Lipinski definition) is 18. The molecule has 4 rings (SSSR count). The summed E-state index contributed by atoms with van der Waals surface area (Å²) in [5, 5.41) is 131. The Balaban J connectivity index is 1.73. The van der Waals surface area contributed by atoms with E-state index in [9.17, 15) is 66.1 Å². The summed E-state index contributed by atoms with van der Waals surface area (Å²) in [4.78, 5) is 13.2. The second-order valence-corrected chi connectivity index (χ2v) is 10.2. The van der Waals surface area contributed by atoms with Crippen LogP contribution in [0.1, 0.15) is 0 Å². The summed E-state index contributed by atoms with van der Waals surface area (Å²) in [7, 11) is 0. The van der Waals surface area contributed by atoms with E-state index in [-0.39, 0.29) is 16.9 Å². The minimum Gasteiger partial charge on any atom is -0.508 e. The molecule has 0 radical (unpaired) electrons. The van der Waals surface area contributed by atoms with Crippen molar-refractivity contribution in [3.8, 4) is 34.3 Å². The lowest BCUT2D eigenvalue weighted by molar-refractivity contribution is -0.441. The molecule has 45 heavy (non-hydrogen) atoms. The van der Waals surface area contributed by atoms with E-state index in [2.05, 4.69) is 0 Å². The zero-order chi connectivity index (χ0) is 33.4. The Bertz CT molecular complexity index is 1540. The first-order valence-electron chi connectivity index (χ1n) is 13.2. The van der Waals surface area contributed by atoms with Gasteiger partial charge in [-0.05, 0) is 18.2 Å². The fourth-order valence-electron chi connectivity index (χ4n) is 4.59. The zero-order valence-electron chi connectivity index (χ0n) is 22.9. The van der Waals surface area contributed by atoms with Gasteiger partial charge in [-0.25, -0.2) is 0 Å². The van der Waals surface area contributed by atoms with Crippen LogP contribution in [-0.4, -0.2) is 141 Å². The highest BCUT2D eigenvalue weighted by Gasteiger charge is 2.58. The largest absolute Gasteiger partial charge is 0.508 e. The van der Waals surface area contributed by atoms with E-state index in [1.165, 1.54) is 6.07 Å². The first-order valence-corrected chi connectivity index (χ1v) is 13.2. The molecule has 13 N–H and O–H groups in total. The third-order valence-corrected chi connectivity index (χ3v) is 7.06. The fourth-order valence-corrected chi connectivity index (χ4v) is 4.59. The predicted molar refractivity (Wildman–Crippen MR) is 144 cm³/mol. The Hall–Kier alpha value is -3.63. The number of fused-ring (bicyclic) bond motifs is 1. The second kappa shape index (κ2) is 13.4. The van der Waals surface area contributed by atoms with Gasteiger partial charge in [0.2, 0.25) is 0 Å². The van der Waals surface area contributed by atoms with Gasteiger partial charge in [-0.2, -0.15) is 0 Å². The summed E-state index contributed by atoms with van der Waals surface area (Å²) in [6.07, 6.45) is -20.2. The highest BCUT2D eigenvalue weighted by atomic mass is 16.8. The fraction of sp³-hybridized carbons (Fsp3) is 0.444. The number of phenols is 3. The van der Waals surface area contributed by atoms with E-state index in [4.69, 9.17) is 23.7 Å². The molecule has 0 spiro atoms. The van der Waals surface area contributed by atoms with Gasteiger partial charge >= 0.3 is 5.97 Å². The van der Waals surface area contributed by atoms with Gasteiger partial charge in [0.15, 0.2) is 29.3 Å². The van der Waals surface area contributed by atoms with Gasteiger partial charge in [0.05, 0.1) is 13.2 Å². The molecule has 1 aromatic heterocycles. The maximum Gasteiger partial charge on any atom is 0.355 e. The molecule has 0 saturated carbocycles. The average molecular weight is 645 g/mol. The first kappa shape index (κ1) is 34.2. The molecule has 0 amide bonds. The smallest absolute Gasteiger partial charge is 0.355 e. The van der Waals surface area contributed by atoms with E-state index in [0.717, 1.165) is 30.3 Å². The van der Waals surface area contributed by atoms with Crippen molar-refractivity contribution < 1.29 is 85.0 Å². The Kier molecular flexibility index (Phi) is 10.2. The normalized spacial score (nSPS) is 27.1. The number of benzene rings is 2. The quantitative estimate of drug-likeness (QED) is 0.0696. The van der Waals surface area contributed by atoms with Crippen molar-refractivity contribution >= 4 is 11.0 Å². The first-order chi connectivity index (χ1) is 21.1. The van der Waals surface area contributed by atoms with Crippen LogP contribution in [0.5, 0.6) is 23.0 Å². The Labute approximate surface area is 251 Å². The maximum absolute atomic E-state index is 13.2. The van der Waals surface area contributed by atoms with Crippen molar-refractivity contribution in [1.29, 1.82) is 0 Å². The van der Waals surface area contributed by atoms with Gasteiger partial charge in [0, 0.05) is 23.8 Å².